The van der Waals surface area contributed by atoms with Crippen LogP contribution < -0.4 is 0 Å². The quantitative estimate of drug-likeness (QED) is 0.601. The van der Waals surface area contributed by atoms with Crippen molar-refractivity contribution in [1.82, 2.24) is 4.98 Å². The fourth-order valence-corrected chi connectivity index (χ4v) is 0.803. The predicted molar refractivity (Wildman–Crippen MR) is 59.1 cm³/mol. The van der Waals surface area contributed by atoms with Crippen molar-refractivity contribution in [3.05, 3.63) is 28.5 Å². The van der Waals surface area contributed by atoms with Gasteiger partial charge in [-0.15, -0.1) is 0 Å². The first kappa shape index (κ1) is 13.9. The Hall–Kier alpha value is -0.630. The summed E-state index contributed by atoms with van der Waals surface area (Å²) in [6.45, 7) is 9.98. The Morgan fingerprint density at radius 1 is 1.17 bits per heavy atom. The zero-order chi connectivity index (χ0) is 9.98. The van der Waals surface area contributed by atoms with Crippen molar-refractivity contribution in [2.75, 3.05) is 0 Å². The SMILES string of the molecule is CC.CC.Cc1cc(=S)cc[nH]1. The molecule has 0 fully saturated rings. The van der Waals surface area contributed by atoms with Crippen LogP contribution in [0.1, 0.15) is 33.4 Å². The largest absolute Gasteiger partial charge is 0.365 e. The number of rotatable bonds is 0. The number of nitrogens with one attached hydrogen (secondary N) is 1. The van der Waals surface area contributed by atoms with Crippen molar-refractivity contribution in [1.29, 1.82) is 0 Å². The molecule has 0 aromatic carbocycles. The van der Waals surface area contributed by atoms with E-state index in [0.717, 1.165) is 10.2 Å². The van der Waals surface area contributed by atoms with E-state index in [1.165, 1.54) is 0 Å². The van der Waals surface area contributed by atoms with Gasteiger partial charge in [0, 0.05) is 16.4 Å². The Morgan fingerprint density at radius 3 is 1.92 bits per heavy atom. The van der Waals surface area contributed by atoms with Crippen LogP contribution in [0.25, 0.3) is 0 Å². The predicted octanol–water partition coefficient (Wildman–Crippen LogP) is 4.11. The fourth-order valence-electron chi connectivity index (χ4n) is 0.558. The minimum atomic E-state index is 0.890. The first-order chi connectivity index (χ1) is 5.79. The Balaban J connectivity index is 0. The van der Waals surface area contributed by atoms with Crippen LogP contribution >= 0.6 is 12.2 Å². The van der Waals surface area contributed by atoms with Gasteiger partial charge in [0.1, 0.15) is 0 Å². The Morgan fingerprint density at radius 2 is 1.67 bits per heavy atom. The molecule has 70 valence electrons. The summed E-state index contributed by atoms with van der Waals surface area (Å²) in [5.41, 5.74) is 1.11. The average molecular weight is 185 g/mol. The number of hydrogen-bond donors (Lipinski definition) is 1. The van der Waals surface area contributed by atoms with Gasteiger partial charge in [-0.25, -0.2) is 0 Å². The van der Waals surface area contributed by atoms with Gasteiger partial charge in [0.15, 0.2) is 0 Å². The molecular weight excluding hydrogens is 166 g/mol. The van der Waals surface area contributed by atoms with Crippen LogP contribution in [0.15, 0.2) is 18.3 Å². The van der Waals surface area contributed by atoms with Crippen molar-refractivity contribution in [3.63, 3.8) is 0 Å². The van der Waals surface area contributed by atoms with Crippen LogP contribution in [0.4, 0.5) is 0 Å². The molecule has 1 heterocycles. The van der Waals surface area contributed by atoms with Crippen molar-refractivity contribution >= 4 is 12.2 Å². The fraction of sp³-hybridized carbons (Fsp3) is 0.500. The van der Waals surface area contributed by atoms with Crippen molar-refractivity contribution < 1.29 is 0 Å². The molecule has 0 aliphatic carbocycles. The molecule has 0 aliphatic rings. The summed E-state index contributed by atoms with van der Waals surface area (Å²) in [4.78, 5) is 3.01. The van der Waals surface area contributed by atoms with E-state index in [1.807, 2.05) is 52.9 Å². The Kier molecular flexibility index (Phi) is 12.0. The van der Waals surface area contributed by atoms with E-state index in [-0.39, 0.29) is 0 Å². The van der Waals surface area contributed by atoms with Gasteiger partial charge in [0.25, 0.3) is 0 Å². The van der Waals surface area contributed by atoms with E-state index in [0.29, 0.717) is 0 Å². The Labute approximate surface area is 80.8 Å². The van der Waals surface area contributed by atoms with Crippen LogP contribution in [0.2, 0.25) is 0 Å². The van der Waals surface area contributed by atoms with Crippen LogP contribution in [0.3, 0.4) is 0 Å². The third-order valence-electron chi connectivity index (χ3n) is 0.917. The lowest BCUT2D eigenvalue weighted by Gasteiger charge is -1.86. The number of aromatic nitrogens is 1. The van der Waals surface area contributed by atoms with Gasteiger partial charge in [0.05, 0.1) is 0 Å². The first-order valence-electron chi connectivity index (χ1n) is 4.44. The highest BCUT2D eigenvalue weighted by molar-refractivity contribution is 7.71. The second-order valence-electron chi connectivity index (χ2n) is 1.71. The second-order valence-corrected chi connectivity index (χ2v) is 2.18. The molecule has 2 heteroatoms. The highest BCUT2D eigenvalue weighted by atomic mass is 32.1. The number of pyridine rings is 1. The molecule has 1 aromatic rings. The van der Waals surface area contributed by atoms with E-state index in [4.69, 9.17) is 12.2 Å². The molecule has 0 radical (unpaired) electrons. The van der Waals surface area contributed by atoms with E-state index in [1.54, 1.807) is 0 Å². The molecule has 0 bridgehead atoms. The van der Waals surface area contributed by atoms with E-state index in [9.17, 15) is 0 Å². The third-order valence-corrected chi connectivity index (χ3v) is 1.17. The standard InChI is InChI=1S/C6H7NS.2C2H6/c1-5-4-6(8)2-3-7-5;2*1-2/h2-4H,1H3,(H,7,8);2*1-2H3. The molecule has 0 aliphatic heterocycles. The molecule has 0 atom stereocenters. The summed E-state index contributed by atoms with van der Waals surface area (Å²) < 4.78 is 0.890. The van der Waals surface area contributed by atoms with Gasteiger partial charge in [-0.3, -0.25) is 0 Å². The van der Waals surface area contributed by atoms with E-state index >= 15 is 0 Å². The lowest BCUT2D eigenvalue weighted by atomic mass is 10.4. The normalized spacial score (nSPS) is 7.08. The minimum Gasteiger partial charge on any atom is -0.365 e. The molecular formula is C10H19NS. The molecule has 0 amide bonds. The first-order valence-corrected chi connectivity index (χ1v) is 4.85. The van der Waals surface area contributed by atoms with Crippen molar-refractivity contribution in [2.45, 2.75) is 34.6 Å². The van der Waals surface area contributed by atoms with Gasteiger partial charge >= 0.3 is 0 Å². The van der Waals surface area contributed by atoms with Gasteiger partial charge in [-0.1, -0.05) is 39.9 Å². The summed E-state index contributed by atoms with van der Waals surface area (Å²) in [5, 5.41) is 0. The van der Waals surface area contributed by atoms with Crippen LogP contribution in [0, 0.1) is 11.4 Å². The highest BCUT2D eigenvalue weighted by Crippen LogP contribution is 1.91. The smallest absolute Gasteiger partial charge is 0.0408 e. The third kappa shape index (κ3) is 7.48. The lowest BCUT2D eigenvalue weighted by molar-refractivity contribution is 1.20. The molecule has 1 rings (SSSR count). The number of hydrogen-bond acceptors (Lipinski definition) is 1. The molecule has 1 nitrogen and oxygen atoms in total. The molecule has 12 heavy (non-hydrogen) atoms. The number of aryl methyl sites for hydroxylation is 1. The summed E-state index contributed by atoms with van der Waals surface area (Å²) in [7, 11) is 0. The molecule has 0 spiro atoms. The molecule has 0 saturated carbocycles. The summed E-state index contributed by atoms with van der Waals surface area (Å²) >= 11 is 4.88. The monoisotopic (exact) mass is 185 g/mol. The van der Waals surface area contributed by atoms with Gasteiger partial charge in [0.2, 0.25) is 0 Å². The number of aromatic amines is 1. The average Bonchev–Trinajstić information content (AvgIpc) is 2.11. The van der Waals surface area contributed by atoms with Crippen molar-refractivity contribution in [3.8, 4) is 0 Å². The summed E-state index contributed by atoms with van der Waals surface area (Å²) in [5.74, 6) is 0. The maximum Gasteiger partial charge on any atom is 0.0408 e. The molecule has 0 unspecified atom stereocenters. The Bertz CT molecular complexity index is 227. The maximum atomic E-state index is 4.88. The summed E-state index contributed by atoms with van der Waals surface area (Å²) in [6, 6.07) is 3.79. The van der Waals surface area contributed by atoms with Gasteiger partial charge in [-0.05, 0) is 19.1 Å². The van der Waals surface area contributed by atoms with Gasteiger partial charge in [-0.2, -0.15) is 0 Å². The summed E-state index contributed by atoms with van der Waals surface area (Å²) in [6.07, 6.45) is 1.84. The second kappa shape index (κ2) is 10.4. The maximum absolute atomic E-state index is 4.88. The van der Waals surface area contributed by atoms with Crippen LogP contribution in [-0.4, -0.2) is 4.98 Å². The van der Waals surface area contributed by atoms with Crippen LogP contribution in [0.5, 0.6) is 0 Å². The number of H-pyrrole nitrogens is 1. The zero-order valence-corrected chi connectivity index (χ0v) is 9.46. The molecule has 1 N–H and O–H groups in total. The van der Waals surface area contributed by atoms with E-state index < -0.39 is 0 Å². The van der Waals surface area contributed by atoms with E-state index in [2.05, 4.69) is 4.98 Å². The highest BCUT2D eigenvalue weighted by Gasteiger charge is 1.76. The molecule has 0 saturated heterocycles. The lowest BCUT2D eigenvalue weighted by Crippen LogP contribution is -1.74. The van der Waals surface area contributed by atoms with Crippen LogP contribution in [-0.2, 0) is 0 Å². The zero-order valence-electron chi connectivity index (χ0n) is 8.64. The topological polar surface area (TPSA) is 15.8 Å². The van der Waals surface area contributed by atoms with Gasteiger partial charge < -0.3 is 4.98 Å². The van der Waals surface area contributed by atoms with Crippen molar-refractivity contribution in [2.24, 2.45) is 0 Å². The molecule has 1 aromatic heterocycles. The minimum absolute atomic E-state index is 0.890.